The fourth-order valence-electron chi connectivity index (χ4n) is 1.71. The van der Waals surface area contributed by atoms with Gasteiger partial charge in [0.25, 0.3) is 0 Å². The summed E-state index contributed by atoms with van der Waals surface area (Å²) in [5, 5.41) is 3.42. The van der Waals surface area contributed by atoms with Crippen LogP contribution >= 0.6 is 15.9 Å². The second-order valence-electron chi connectivity index (χ2n) is 4.03. The lowest BCUT2D eigenvalue weighted by Crippen LogP contribution is -1.99. The van der Waals surface area contributed by atoms with Gasteiger partial charge in [0.15, 0.2) is 0 Å². The number of benzene rings is 2. The molecule has 2 heteroatoms. The van der Waals surface area contributed by atoms with E-state index in [0.717, 1.165) is 17.4 Å². The van der Waals surface area contributed by atoms with Gasteiger partial charge < -0.3 is 5.32 Å². The van der Waals surface area contributed by atoms with E-state index in [4.69, 9.17) is 0 Å². The summed E-state index contributed by atoms with van der Waals surface area (Å²) in [5.74, 6) is 0. The van der Waals surface area contributed by atoms with Crippen LogP contribution in [0, 0.1) is 0 Å². The van der Waals surface area contributed by atoms with Crippen molar-refractivity contribution in [3.8, 4) is 0 Å². The summed E-state index contributed by atoms with van der Waals surface area (Å²) in [6.07, 6.45) is 1.09. The lowest BCUT2D eigenvalue weighted by molar-refractivity contribution is 1.12. The molecule has 0 heterocycles. The molecule has 88 valence electrons. The SMILES string of the molecule is CCc1ccc(NCc2cccc(Br)c2)cc1. The molecule has 0 saturated carbocycles. The van der Waals surface area contributed by atoms with Gasteiger partial charge in [-0.1, -0.05) is 47.1 Å². The van der Waals surface area contributed by atoms with E-state index in [1.165, 1.54) is 16.8 Å². The van der Waals surface area contributed by atoms with Crippen LogP contribution in [0.1, 0.15) is 18.1 Å². The third-order valence-corrected chi connectivity index (χ3v) is 3.24. The molecular formula is C15H16BrN. The van der Waals surface area contributed by atoms with E-state index >= 15 is 0 Å². The van der Waals surface area contributed by atoms with Crippen molar-refractivity contribution in [2.24, 2.45) is 0 Å². The third kappa shape index (κ3) is 3.60. The predicted octanol–water partition coefficient (Wildman–Crippen LogP) is 4.62. The molecule has 0 amide bonds. The summed E-state index contributed by atoms with van der Waals surface area (Å²) in [4.78, 5) is 0. The molecule has 1 nitrogen and oxygen atoms in total. The molecule has 17 heavy (non-hydrogen) atoms. The Kier molecular flexibility index (Phi) is 4.21. The Bertz CT molecular complexity index is 477. The summed E-state index contributed by atoms with van der Waals surface area (Å²) in [6.45, 7) is 3.02. The normalized spacial score (nSPS) is 10.2. The van der Waals surface area contributed by atoms with Gasteiger partial charge in [-0.25, -0.2) is 0 Å². The zero-order chi connectivity index (χ0) is 12.1. The zero-order valence-electron chi connectivity index (χ0n) is 9.91. The Morgan fingerprint density at radius 2 is 1.76 bits per heavy atom. The second-order valence-corrected chi connectivity index (χ2v) is 4.95. The Balaban J connectivity index is 1.97. The van der Waals surface area contributed by atoms with Gasteiger partial charge in [0.05, 0.1) is 0 Å². The first-order valence-electron chi connectivity index (χ1n) is 5.85. The van der Waals surface area contributed by atoms with E-state index in [-0.39, 0.29) is 0 Å². The van der Waals surface area contributed by atoms with E-state index in [1.54, 1.807) is 0 Å². The fraction of sp³-hybridized carbons (Fsp3) is 0.200. The molecule has 0 bridgehead atoms. The van der Waals surface area contributed by atoms with Crippen LogP contribution in [0.3, 0.4) is 0 Å². The highest BCUT2D eigenvalue weighted by molar-refractivity contribution is 9.10. The van der Waals surface area contributed by atoms with Crippen molar-refractivity contribution >= 4 is 21.6 Å². The van der Waals surface area contributed by atoms with Gasteiger partial charge in [0, 0.05) is 16.7 Å². The van der Waals surface area contributed by atoms with Crippen LogP contribution in [0.15, 0.2) is 53.0 Å². The van der Waals surface area contributed by atoms with E-state index < -0.39 is 0 Å². The maximum Gasteiger partial charge on any atom is 0.0401 e. The Morgan fingerprint density at radius 1 is 1.00 bits per heavy atom. The molecule has 0 spiro atoms. The molecular weight excluding hydrogens is 274 g/mol. The lowest BCUT2D eigenvalue weighted by atomic mass is 10.1. The molecule has 2 aromatic rings. The molecule has 0 unspecified atom stereocenters. The first-order chi connectivity index (χ1) is 8.28. The lowest BCUT2D eigenvalue weighted by Gasteiger charge is -2.07. The Hall–Kier alpha value is -1.28. The molecule has 0 aliphatic carbocycles. The zero-order valence-corrected chi connectivity index (χ0v) is 11.5. The fourth-order valence-corrected chi connectivity index (χ4v) is 2.16. The van der Waals surface area contributed by atoms with E-state index in [1.807, 2.05) is 6.07 Å². The minimum atomic E-state index is 0.852. The number of hydrogen-bond donors (Lipinski definition) is 1. The van der Waals surface area contributed by atoms with Crippen LogP contribution in [0.4, 0.5) is 5.69 Å². The number of halogens is 1. The van der Waals surface area contributed by atoms with Gasteiger partial charge >= 0.3 is 0 Å². The molecule has 0 aliphatic rings. The number of aryl methyl sites for hydroxylation is 1. The molecule has 0 saturated heterocycles. The quantitative estimate of drug-likeness (QED) is 0.866. The van der Waals surface area contributed by atoms with Crippen LogP contribution in [0.5, 0.6) is 0 Å². The Morgan fingerprint density at radius 3 is 2.41 bits per heavy atom. The minimum absolute atomic E-state index is 0.852. The van der Waals surface area contributed by atoms with Crippen molar-refractivity contribution in [1.82, 2.24) is 0 Å². The monoisotopic (exact) mass is 289 g/mol. The van der Waals surface area contributed by atoms with Crippen molar-refractivity contribution in [1.29, 1.82) is 0 Å². The van der Waals surface area contributed by atoms with Gasteiger partial charge in [-0.15, -0.1) is 0 Å². The van der Waals surface area contributed by atoms with Crippen LogP contribution in [-0.2, 0) is 13.0 Å². The number of anilines is 1. The maximum atomic E-state index is 3.48. The highest BCUT2D eigenvalue weighted by Gasteiger charge is 1.95. The molecule has 0 aliphatic heterocycles. The van der Waals surface area contributed by atoms with Crippen LogP contribution in [0.25, 0.3) is 0 Å². The number of hydrogen-bond acceptors (Lipinski definition) is 1. The summed E-state index contributed by atoms with van der Waals surface area (Å²) in [5.41, 5.74) is 3.82. The first-order valence-corrected chi connectivity index (χ1v) is 6.64. The minimum Gasteiger partial charge on any atom is -0.381 e. The van der Waals surface area contributed by atoms with Gasteiger partial charge in [-0.05, 0) is 41.8 Å². The van der Waals surface area contributed by atoms with Crippen LogP contribution < -0.4 is 5.32 Å². The topological polar surface area (TPSA) is 12.0 Å². The van der Waals surface area contributed by atoms with Crippen molar-refractivity contribution in [3.63, 3.8) is 0 Å². The van der Waals surface area contributed by atoms with E-state index in [2.05, 4.69) is 70.6 Å². The third-order valence-electron chi connectivity index (χ3n) is 2.75. The second kappa shape index (κ2) is 5.87. The van der Waals surface area contributed by atoms with Crippen LogP contribution in [0.2, 0.25) is 0 Å². The predicted molar refractivity (Wildman–Crippen MR) is 77.3 cm³/mol. The van der Waals surface area contributed by atoms with E-state index in [9.17, 15) is 0 Å². The van der Waals surface area contributed by atoms with Crippen molar-refractivity contribution in [3.05, 3.63) is 64.1 Å². The van der Waals surface area contributed by atoms with E-state index in [0.29, 0.717) is 0 Å². The van der Waals surface area contributed by atoms with Crippen molar-refractivity contribution < 1.29 is 0 Å². The van der Waals surface area contributed by atoms with Crippen molar-refractivity contribution in [2.75, 3.05) is 5.32 Å². The van der Waals surface area contributed by atoms with Gasteiger partial charge in [-0.3, -0.25) is 0 Å². The highest BCUT2D eigenvalue weighted by atomic mass is 79.9. The summed E-state index contributed by atoms with van der Waals surface area (Å²) in [7, 11) is 0. The van der Waals surface area contributed by atoms with Gasteiger partial charge in [-0.2, -0.15) is 0 Å². The largest absolute Gasteiger partial charge is 0.381 e. The maximum absolute atomic E-state index is 3.48. The Labute approximate surface area is 111 Å². The number of rotatable bonds is 4. The molecule has 2 aromatic carbocycles. The van der Waals surface area contributed by atoms with Crippen LogP contribution in [-0.4, -0.2) is 0 Å². The molecule has 0 aromatic heterocycles. The first kappa shape index (κ1) is 12.2. The van der Waals surface area contributed by atoms with Crippen molar-refractivity contribution in [2.45, 2.75) is 19.9 Å². The smallest absolute Gasteiger partial charge is 0.0401 e. The summed E-state index contributed by atoms with van der Waals surface area (Å²) < 4.78 is 1.12. The molecule has 2 rings (SSSR count). The molecule has 0 fully saturated rings. The standard InChI is InChI=1S/C15H16BrN/c1-2-12-6-8-15(9-7-12)17-11-13-4-3-5-14(16)10-13/h3-10,17H,2,11H2,1H3. The summed E-state index contributed by atoms with van der Waals surface area (Å²) in [6, 6.07) is 17.0. The molecule has 0 atom stereocenters. The van der Waals surface area contributed by atoms with Gasteiger partial charge in [0.2, 0.25) is 0 Å². The summed E-state index contributed by atoms with van der Waals surface area (Å²) >= 11 is 3.48. The number of nitrogens with one attached hydrogen (secondary N) is 1. The molecule has 1 N–H and O–H groups in total. The molecule has 0 radical (unpaired) electrons. The highest BCUT2D eigenvalue weighted by Crippen LogP contribution is 2.14. The average Bonchev–Trinajstić information content (AvgIpc) is 2.37. The van der Waals surface area contributed by atoms with Gasteiger partial charge in [0.1, 0.15) is 0 Å². The average molecular weight is 290 g/mol.